The molecule has 0 saturated carbocycles. The Kier molecular flexibility index (Phi) is 4.26. The molecular formula is C17H24N4O3. The molecule has 0 spiro atoms. The van der Waals surface area contributed by atoms with Crippen LogP contribution < -0.4 is 0 Å². The first kappa shape index (κ1) is 15.6. The Bertz CT molecular complexity index is 643. The Hall–Kier alpha value is -1.89. The summed E-state index contributed by atoms with van der Waals surface area (Å²) in [5.74, 6) is 0.393. The number of aromatic nitrogens is 2. The summed E-state index contributed by atoms with van der Waals surface area (Å²) in [7, 11) is 0. The summed E-state index contributed by atoms with van der Waals surface area (Å²) in [6.45, 7) is 4.72. The van der Waals surface area contributed by atoms with Crippen molar-refractivity contribution in [1.82, 2.24) is 19.4 Å². The number of morpholine rings is 1. The van der Waals surface area contributed by atoms with Gasteiger partial charge in [-0.1, -0.05) is 0 Å². The quantitative estimate of drug-likeness (QED) is 0.808. The molecule has 1 aromatic heterocycles. The van der Waals surface area contributed by atoms with Gasteiger partial charge in [-0.05, 0) is 32.1 Å². The van der Waals surface area contributed by atoms with E-state index in [0.29, 0.717) is 37.8 Å². The second-order valence-electron chi connectivity index (χ2n) is 6.74. The minimum Gasteiger partial charge on any atom is -0.378 e. The number of carbonyl (C=O) groups excluding carboxylic acids is 2. The monoisotopic (exact) mass is 332 g/mol. The molecule has 0 aromatic carbocycles. The smallest absolute Gasteiger partial charge is 0.289 e. The molecule has 2 fully saturated rings. The van der Waals surface area contributed by atoms with Gasteiger partial charge in [-0.15, -0.1) is 0 Å². The number of carbonyl (C=O) groups is 2. The van der Waals surface area contributed by atoms with Gasteiger partial charge in [0.05, 0.1) is 18.9 Å². The van der Waals surface area contributed by atoms with E-state index >= 15 is 0 Å². The van der Waals surface area contributed by atoms with Gasteiger partial charge in [-0.2, -0.15) is 0 Å². The number of nitrogens with zero attached hydrogens (tertiary/aromatic N) is 4. The lowest BCUT2D eigenvalue weighted by molar-refractivity contribution is 0.0298. The van der Waals surface area contributed by atoms with Crippen LogP contribution in [-0.2, 0) is 17.7 Å². The molecule has 0 radical (unpaired) electrons. The summed E-state index contributed by atoms with van der Waals surface area (Å²) >= 11 is 0. The van der Waals surface area contributed by atoms with E-state index in [2.05, 4.69) is 4.98 Å². The number of rotatable bonds is 2. The highest BCUT2D eigenvalue weighted by Gasteiger charge is 2.32. The highest BCUT2D eigenvalue weighted by molar-refractivity contribution is 5.97. The molecule has 4 heterocycles. The summed E-state index contributed by atoms with van der Waals surface area (Å²) in [5, 5.41) is 0. The molecule has 3 aliphatic rings. The van der Waals surface area contributed by atoms with Crippen LogP contribution in [0.1, 0.15) is 52.5 Å². The van der Waals surface area contributed by atoms with Crippen molar-refractivity contribution in [3.8, 4) is 0 Å². The maximum absolute atomic E-state index is 12.9. The molecule has 0 unspecified atom stereocenters. The molecular weight excluding hydrogens is 308 g/mol. The van der Waals surface area contributed by atoms with Crippen molar-refractivity contribution in [3.63, 3.8) is 0 Å². The van der Waals surface area contributed by atoms with Crippen LogP contribution in [-0.4, -0.2) is 70.6 Å². The maximum Gasteiger partial charge on any atom is 0.289 e. The highest BCUT2D eigenvalue weighted by atomic mass is 16.5. The third-order valence-corrected chi connectivity index (χ3v) is 5.20. The Balaban J connectivity index is 1.66. The number of imidazole rings is 1. The average Bonchev–Trinajstić information content (AvgIpc) is 3.29. The van der Waals surface area contributed by atoms with E-state index in [9.17, 15) is 9.59 Å². The van der Waals surface area contributed by atoms with Crippen molar-refractivity contribution in [2.24, 2.45) is 0 Å². The highest BCUT2D eigenvalue weighted by Crippen LogP contribution is 2.24. The lowest BCUT2D eigenvalue weighted by Crippen LogP contribution is -2.41. The SMILES string of the molecule is O=C(c1nc(C(=O)N2CCCC2)n2c1CCCC2)N1CCOCC1. The third kappa shape index (κ3) is 2.70. The molecule has 2 saturated heterocycles. The van der Waals surface area contributed by atoms with Crippen LogP contribution in [0, 0.1) is 0 Å². The Morgan fingerprint density at radius 2 is 1.50 bits per heavy atom. The average molecular weight is 332 g/mol. The van der Waals surface area contributed by atoms with Crippen molar-refractivity contribution in [1.29, 1.82) is 0 Å². The molecule has 0 bridgehead atoms. The van der Waals surface area contributed by atoms with Crippen molar-refractivity contribution in [2.75, 3.05) is 39.4 Å². The molecule has 0 atom stereocenters. The van der Waals surface area contributed by atoms with Crippen LogP contribution in [0.4, 0.5) is 0 Å². The molecule has 1 aromatic rings. The lowest BCUT2D eigenvalue weighted by Gasteiger charge is -2.26. The van der Waals surface area contributed by atoms with E-state index < -0.39 is 0 Å². The van der Waals surface area contributed by atoms with Crippen LogP contribution in [0.25, 0.3) is 0 Å². The molecule has 0 aliphatic carbocycles. The summed E-state index contributed by atoms with van der Waals surface area (Å²) in [5.41, 5.74) is 1.43. The van der Waals surface area contributed by atoms with Crippen molar-refractivity contribution in [2.45, 2.75) is 38.6 Å². The van der Waals surface area contributed by atoms with Gasteiger partial charge >= 0.3 is 0 Å². The van der Waals surface area contributed by atoms with Crippen molar-refractivity contribution >= 4 is 11.8 Å². The third-order valence-electron chi connectivity index (χ3n) is 5.20. The number of likely N-dealkylation sites (tertiary alicyclic amines) is 1. The predicted octanol–water partition coefficient (Wildman–Crippen LogP) is 0.928. The zero-order valence-corrected chi connectivity index (χ0v) is 14.0. The summed E-state index contributed by atoms with van der Waals surface area (Å²) in [6, 6.07) is 0. The number of hydrogen-bond acceptors (Lipinski definition) is 4. The van der Waals surface area contributed by atoms with Crippen LogP contribution in [0.15, 0.2) is 0 Å². The van der Waals surface area contributed by atoms with E-state index in [-0.39, 0.29) is 11.8 Å². The van der Waals surface area contributed by atoms with E-state index in [1.165, 1.54) is 0 Å². The molecule has 0 N–H and O–H groups in total. The normalized spacial score (nSPS) is 21.0. The first-order valence-electron chi connectivity index (χ1n) is 9.01. The molecule has 2 amide bonds. The van der Waals surface area contributed by atoms with Crippen molar-refractivity contribution < 1.29 is 14.3 Å². The number of ether oxygens (including phenoxy) is 1. The molecule has 24 heavy (non-hydrogen) atoms. The Morgan fingerprint density at radius 3 is 2.25 bits per heavy atom. The first-order valence-corrected chi connectivity index (χ1v) is 9.01. The van der Waals surface area contributed by atoms with Gasteiger partial charge in [0, 0.05) is 32.7 Å². The predicted molar refractivity (Wildman–Crippen MR) is 87.0 cm³/mol. The number of fused-ring (bicyclic) bond motifs is 1. The fourth-order valence-corrected chi connectivity index (χ4v) is 3.86. The fraction of sp³-hybridized carbons (Fsp3) is 0.706. The number of hydrogen-bond donors (Lipinski definition) is 0. The van der Waals surface area contributed by atoms with E-state index in [0.717, 1.165) is 57.4 Å². The first-order chi connectivity index (χ1) is 11.8. The maximum atomic E-state index is 12.9. The van der Waals surface area contributed by atoms with Gasteiger partial charge in [-0.3, -0.25) is 9.59 Å². The van der Waals surface area contributed by atoms with E-state index in [1.807, 2.05) is 9.47 Å². The standard InChI is InChI=1S/C17H24N4O3/c22-16(20-9-11-24-12-10-20)14-13-5-1-2-8-21(13)15(18-14)17(23)19-6-3-4-7-19/h1-12H2. The minimum atomic E-state index is -0.0515. The largest absolute Gasteiger partial charge is 0.378 e. The van der Waals surface area contributed by atoms with Gasteiger partial charge in [-0.25, -0.2) is 4.98 Å². The molecule has 130 valence electrons. The second kappa shape index (κ2) is 6.55. The zero-order chi connectivity index (χ0) is 16.5. The molecule has 4 rings (SSSR count). The summed E-state index contributed by atoms with van der Waals surface area (Å²) in [6.07, 6.45) is 5.02. The van der Waals surface area contributed by atoms with Gasteiger partial charge < -0.3 is 19.1 Å². The van der Waals surface area contributed by atoms with E-state index in [4.69, 9.17) is 4.74 Å². The summed E-state index contributed by atoms with van der Waals surface area (Å²) in [4.78, 5) is 33.9. The van der Waals surface area contributed by atoms with Crippen LogP contribution in [0.3, 0.4) is 0 Å². The van der Waals surface area contributed by atoms with Gasteiger partial charge in [0.15, 0.2) is 5.82 Å². The molecule has 7 nitrogen and oxygen atoms in total. The number of amides is 2. The lowest BCUT2D eigenvalue weighted by atomic mass is 10.1. The van der Waals surface area contributed by atoms with Gasteiger partial charge in [0.1, 0.15) is 5.69 Å². The van der Waals surface area contributed by atoms with E-state index in [1.54, 1.807) is 4.90 Å². The Morgan fingerprint density at radius 1 is 0.833 bits per heavy atom. The minimum absolute atomic E-state index is 0.0170. The van der Waals surface area contributed by atoms with Crippen molar-refractivity contribution in [3.05, 3.63) is 17.2 Å². The van der Waals surface area contributed by atoms with Crippen LogP contribution in [0.2, 0.25) is 0 Å². The Labute approximate surface area is 141 Å². The topological polar surface area (TPSA) is 67.7 Å². The fourth-order valence-electron chi connectivity index (χ4n) is 3.86. The van der Waals surface area contributed by atoms with Gasteiger partial charge in [0.2, 0.25) is 0 Å². The summed E-state index contributed by atoms with van der Waals surface area (Å²) < 4.78 is 7.33. The van der Waals surface area contributed by atoms with Gasteiger partial charge in [0.25, 0.3) is 11.8 Å². The second-order valence-corrected chi connectivity index (χ2v) is 6.74. The van der Waals surface area contributed by atoms with Crippen LogP contribution in [0.5, 0.6) is 0 Å². The molecule has 7 heteroatoms. The zero-order valence-electron chi connectivity index (χ0n) is 14.0. The molecule has 3 aliphatic heterocycles. The van der Waals surface area contributed by atoms with Crippen LogP contribution >= 0.6 is 0 Å².